The fraction of sp³-hybridized carbons (Fsp3) is 0.923. The third-order valence-corrected chi connectivity index (χ3v) is 6.24. The number of rotatable bonds is 1. The Hall–Kier alpha value is -1.02. The molecule has 7 nitrogen and oxygen atoms in total. The lowest BCUT2D eigenvalue weighted by Crippen LogP contribution is -2.54. The van der Waals surface area contributed by atoms with Gasteiger partial charge < -0.3 is 19.7 Å². The molecular weight excluding hydrogens is 422 g/mol. The zero-order valence-electron chi connectivity index (χ0n) is 24.0. The molecule has 200 valence electrons. The molecule has 0 aliphatic carbocycles. The van der Waals surface area contributed by atoms with Crippen LogP contribution < -0.4 is 0 Å². The van der Waals surface area contributed by atoms with Crippen molar-refractivity contribution in [3.8, 4) is 0 Å². The monoisotopic (exact) mass is 477 g/mol. The van der Waals surface area contributed by atoms with Crippen LogP contribution in [0.2, 0.25) is 0 Å². The average molecular weight is 478 g/mol. The van der Waals surface area contributed by atoms with Crippen molar-refractivity contribution in [2.24, 2.45) is 23.7 Å². The number of ether oxygens (including phenoxy) is 2. The molecule has 0 bridgehead atoms. The summed E-state index contributed by atoms with van der Waals surface area (Å²) in [6.07, 6.45) is -0.549. The highest BCUT2D eigenvalue weighted by Gasteiger charge is 2.43. The van der Waals surface area contributed by atoms with Crippen molar-refractivity contribution >= 4 is 11.8 Å². The summed E-state index contributed by atoms with van der Waals surface area (Å²) in [4.78, 5) is 26.8. The lowest BCUT2D eigenvalue weighted by Gasteiger charge is -2.42. The molecule has 2 N–H and O–H groups in total. The van der Waals surface area contributed by atoms with Crippen LogP contribution in [0, 0.1) is 23.7 Å². The number of aliphatic hydroxyl groups is 2. The summed E-state index contributed by atoms with van der Waals surface area (Å²) >= 11 is 0. The zero-order valence-corrected chi connectivity index (χ0v) is 24.0. The van der Waals surface area contributed by atoms with Crippen LogP contribution in [0.1, 0.15) is 89.5 Å². The Balaban J connectivity index is -0.00000138. The number of methoxy groups -OCH3 is 1. The van der Waals surface area contributed by atoms with Gasteiger partial charge in [-0.1, -0.05) is 62.3 Å². The smallest absolute Gasteiger partial charge is 0.316 e. The number of ketones is 1. The van der Waals surface area contributed by atoms with Gasteiger partial charge in [-0.15, -0.1) is 0 Å². The molecule has 0 saturated carbocycles. The van der Waals surface area contributed by atoms with Gasteiger partial charge in [0.25, 0.3) is 0 Å². The van der Waals surface area contributed by atoms with Crippen molar-refractivity contribution in [1.82, 2.24) is 4.90 Å². The number of nitrogens with zero attached hydrogens (tertiary/aromatic N) is 1. The first-order valence-electron chi connectivity index (χ1n) is 12.6. The van der Waals surface area contributed by atoms with E-state index in [0.29, 0.717) is 13.0 Å². The van der Waals surface area contributed by atoms with Gasteiger partial charge in [0.2, 0.25) is 0 Å². The van der Waals surface area contributed by atoms with Gasteiger partial charge in [-0.2, -0.15) is 0 Å². The van der Waals surface area contributed by atoms with Crippen molar-refractivity contribution in [3.05, 3.63) is 0 Å². The van der Waals surface area contributed by atoms with Crippen LogP contribution in [0.4, 0.5) is 0 Å². The van der Waals surface area contributed by atoms with E-state index in [2.05, 4.69) is 0 Å². The molecule has 1 rings (SSSR count). The number of Topliss-reactive ketones (excluding diaryl/α,β-unsaturated/α-hetero) is 1. The van der Waals surface area contributed by atoms with Crippen LogP contribution in [0.15, 0.2) is 0 Å². The Morgan fingerprint density at radius 2 is 1.45 bits per heavy atom. The van der Waals surface area contributed by atoms with E-state index in [1.807, 2.05) is 69.2 Å². The molecule has 0 amide bonds. The maximum atomic E-state index is 12.8. The molecule has 1 fully saturated rings. The number of cyclic esters (lactones) is 1. The quantitative estimate of drug-likeness (QED) is 0.423. The molecule has 7 atom stereocenters. The van der Waals surface area contributed by atoms with Gasteiger partial charge in [0, 0.05) is 19.6 Å². The molecular formula is C26H55NO6. The van der Waals surface area contributed by atoms with Crippen molar-refractivity contribution in [3.63, 3.8) is 0 Å². The first-order valence-corrected chi connectivity index (χ1v) is 12.6. The second-order valence-corrected chi connectivity index (χ2v) is 8.81. The van der Waals surface area contributed by atoms with Crippen molar-refractivity contribution < 1.29 is 29.3 Å². The molecule has 0 spiro atoms. The molecule has 0 aromatic heterocycles. The van der Waals surface area contributed by atoms with Crippen molar-refractivity contribution in [2.45, 2.75) is 107 Å². The van der Waals surface area contributed by atoms with E-state index in [9.17, 15) is 19.8 Å². The molecule has 1 saturated heterocycles. The lowest BCUT2D eigenvalue weighted by molar-refractivity contribution is -0.182. The van der Waals surface area contributed by atoms with Gasteiger partial charge in [-0.3, -0.25) is 14.5 Å². The van der Waals surface area contributed by atoms with E-state index < -0.39 is 35.2 Å². The molecule has 0 aromatic rings. The molecule has 1 heterocycles. The number of carbonyl (C=O) groups is 2. The van der Waals surface area contributed by atoms with Crippen LogP contribution in [-0.2, 0) is 19.1 Å². The third-order valence-electron chi connectivity index (χ3n) is 6.24. The van der Waals surface area contributed by atoms with Gasteiger partial charge in [0.05, 0.1) is 5.60 Å². The first kappa shape index (κ1) is 36.5. The summed E-state index contributed by atoms with van der Waals surface area (Å²) in [5.41, 5.74) is -2.23. The van der Waals surface area contributed by atoms with E-state index in [1.165, 1.54) is 13.8 Å². The third kappa shape index (κ3) is 10.8. The minimum absolute atomic E-state index is 0.117. The zero-order chi connectivity index (χ0) is 27.2. The van der Waals surface area contributed by atoms with Crippen molar-refractivity contribution in [1.29, 1.82) is 0 Å². The second-order valence-electron chi connectivity index (χ2n) is 8.81. The first-order chi connectivity index (χ1) is 15.3. The standard InChI is InChI=1S/C20H37NO6.3C2H6/c1-12-9-20(6,26-8)15(4)13(2)16(22)14(3)17(23)27-11-19(5,25)18(24)21(7)10-12;3*1-2/h12-15,18,24-25H,9-11H2,1-8H3;3*1-2H3/t12-,13-,14?,15-,18?,19-,20-;;;/m1.../s1. The molecule has 7 heteroatoms. The van der Waals surface area contributed by atoms with E-state index in [1.54, 1.807) is 19.1 Å². The molecule has 0 radical (unpaired) electrons. The van der Waals surface area contributed by atoms with Gasteiger partial charge in [-0.25, -0.2) is 0 Å². The maximum absolute atomic E-state index is 12.8. The van der Waals surface area contributed by atoms with Crippen LogP contribution in [0.3, 0.4) is 0 Å². The fourth-order valence-corrected chi connectivity index (χ4v) is 3.98. The number of esters is 1. The Kier molecular flexibility index (Phi) is 19.3. The molecule has 0 aromatic carbocycles. The summed E-state index contributed by atoms with van der Waals surface area (Å²) in [5.74, 6) is -2.23. The summed E-state index contributed by atoms with van der Waals surface area (Å²) in [6.45, 7) is 22.8. The second kappa shape index (κ2) is 17.4. The molecule has 1 aliphatic rings. The number of carbonyl (C=O) groups excluding carboxylic acids is 2. The van der Waals surface area contributed by atoms with E-state index in [0.717, 1.165) is 0 Å². The summed E-state index contributed by atoms with van der Waals surface area (Å²) in [5, 5.41) is 21.0. The number of hydrogen-bond donors (Lipinski definition) is 2. The average Bonchev–Trinajstić information content (AvgIpc) is 2.82. The lowest BCUT2D eigenvalue weighted by atomic mass is 9.73. The molecule has 1 aliphatic heterocycles. The van der Waals surface area contributed by atoms with Crippen LogP contribution in [0.25, 0.3) is 0 Å². The largest absolute Gasteiger partial charge is 0.462 e. The van der Waals surface area contributed by atoms with E-state index in [4.69, 9.17) is 9.47 Å². The Bertz CT molecular complexity index is 539. The summed E-state index contributed by atoms with van der Waals surface area (Å²) in [7, 11) is 3.34. The fourth-order valence-electron chi connectivity index (χ4n) is 3.98. The Morgan fingerprint density at radius 1 is 1.00 bits per heavy atom. The summed E-state index contributed by atoms with van der Waals surface area (Å²) < 4.78 is 11.0. The SMILES string of the molecule is CC.CC.CC.CO[C@]1(C)C[C@@H](C)CN(C)C(O)[C@](C)(O)COC(=O)C(C)C(=O)[C@H](C)[C@H]1C. The van der Waals surface area contributed by atoms with Gasteiger partial charge in [-0.05, 0) is 46.1 Å². The predicted molar refractivity (Wildman–Crippen MR) is 136 cm³/mol. The van der Waals surface area contributed by atoms with Gasteiger partial charge in [0.1, 0.15) is 30.1 Å². The number of aliphatic hydroxyl groups excluding tert-OH is 1. The predicted octanol–water partition coefficient (Wildman–Crippen LogP) is 4.53. The van der Waals surface area contributed by atoms with Crippen LogP contribution in [0.5, 0.6) is 0 Å². The Labute approximate surface area is 204 Å². The van der Waals surface area contributed by atoms with Crippen LogP contribution in [-0.4, -0.2) is 71.6 Å². The highest BCUT2D eigenvalue weighted by Crippen LogP contribution is 2.35. The van der Waals surface area contributed by atoms with E-state index >= 15 is 0 Å². The highest BCUT2D eigenvalue weighted by molar-refractivity contribution is 5.99. The van der Waals surface area contributed by atoms with E-state index in [-0.39, 0.29) is 24.2 Å². The van der Waals surface area contributed by atoms with Crippen LogP contribution >= 0.6 is 0 Å². The molecule has 33 heavy (non-hydrogen) atoms. The van der Waals surface area contributed by atoms with Gasteiger partial charge in [0.15, 0.2) is 0 Å². The van der Waals surface area contributed by atoms with Gasteiger partial charge >= 0.3 is 5.97 Å². The Morgan fingerprint density at radius 3 is 1.88 bits per heavy atom. The molecule has 2 unspecified atom stereocenters. The number of likely N-dealkylation sites (N-methyl/N-ethyl adjacent to an activating group) is 1. The summed E-state index contributed by atoms with van der Waals surface area (Å²) in [6, 6.07) is 0. The minimum atomic E-state index is -1.65. The normalized spacial score (nSPS) is 36.4. The minimum Gasteiger partial charge on any atom is -0.462 e. The highest BCUT2D eigenvalue weighted by atomic mass is 16.5. The topological polar surface area (TPSA) is 96.3 Å². The maximum Gasteiger partial charge on any atom is 0.316 e. The van der Waals surface area contributed by atoms with Crippen molar-refractivity contribution in [2.75, 3.05) is 27.3 Å². The number of hydrogen-bond acceptors (Lipinski definition) is 7.